The Hall–Kier alpha value is -1.30. The third-order valence-electron chi connectivity index (χ3n) is 2.71. The zero-order chi connectivity index (χ0) is 13.3. The van der Waals surface area contributed by atoms with Crippen molar-refractivity contribution in [1.29, 1.82) is 0 Å². The van der Waals surface area contributed by atoms with Crippen LogP contribution in [0.5, 0.6) is 0 Å². The smallest absolute Gasteiger partial charge is 0.410 e. The molecular formula is C11H21N3O3. The monoisotopic (exact) mass is 243 g/mol. The van der Waals surface area contributed by atoms with Crippen molar-refractivity contribution in [1.82, 2.24) is 15.5 Å². The first-order valence-corrected chi connectivity index (χ1v) is 5.63. The van der Waals surface area contributed by atoms with E-state index in [4.69, 9.17) is 4.74 Å². The molecule has 1 aliphatic rings. The van der Waals surface area contributed by atoms with Crippen LogP contribution in [0, 0.1) is 0 Å². The van der Waals surface area contributed by atoms with Gasteiger partial charge in [0.25, 0.3) is 0 Å². The zero-order valence-corrected chi connectivity index (χ0v) is 11.1. The lowest BCUT2D eigenvalue weighted by Crippen LogP contribution is -2.75. The first kappa shape index (κ1) is 13.8. The molecule has 2 amide bonds. The van der Waals surface area contributed by atoms with E-state index in [1.807, 2.05) is 20.8 Å². The van der Waals surface area contributed by atoms with Gasteiger partial charge in [-0.15, -0.1) is 0 Å². The van der Waals surface area contributed by atoms with Crippen molar-refractivity contribution in [3.8, 4) is 0 Å². The Bertz CT molecular complexity index is 316. The highest BCUT2D eigenvalue weighted by atomic mass is 16.6. The summed E-state index contributed by atoms with van der Waals surface area (Å²) in [5, 5.41) is 5.54. The number of carbonyl (C=O) groups excluding carboxylic acids is 2. The van der Waals surface area contributed by atoms with Crippen LogP contribution in [0.4, 0.5) is 4.79 Å². The Balaban J connectivity index is 2.55. The average molecular weight is 243 g/mol. The summed E-state index contributed by atoms with van der Waals surface area (Å²) in [6, 6.07) is 0. The Morgan fingerprint density at radius 2 is 1.76 bits per heavy atom. The number of hydrogen-bond donors (Lipinski definition) is 2. The molecule has 0 spiro atoms. The normalized spacial score (nSPS) is 18.3. The Morgan fingerprint density at radius 1 is 1.24 bits per heavy atom. The standard InChI is InChI=1S/C11H21N3O3/c1-10(2,3)17-9(16)14-6-11(7-14,13-5)8(15)12-4/h13H,6-7H2,1-5H3,(H,12,15). The van der Waals surface area contributed by atoms with Gasteiger partial charge in [-0.3, -0.25) is 4.79 Å². The zero-order valence-electron chi connectivity index (χ0n) is 11.1. The summed E-state index contributed by atoms with van der Waals surface area (Å²) in [4.78, 5) is 24.9. The third kappa shape index (κ3) is 2.88. The van der Waals surface area contributed by atoms with Crippen molar-refractivity contribution in [3.05, 3.63) is 0 Å². The Kier molecular flexibility index (Phi) is 3.66. The number of carbonyl (C=O) groups is 2. The largest absolute Gasteiger partial charge is 0.444 e. The fraction of sp³-hybridized carbons (Fsp3) is 0.818. The van der Waals surface area contributed by atoms with Crippen LogP contribution < -0.4 is 10.6 Å². The SMILES string of the molecule is CNC(=O)C1(NC)CN(C(=O)OC(C)(C)C)C1. The van der Waals surface area contributed by atoms with E-state index in [0.29, 0.717) is 13.1 Å². The van der Waals surface area contributed by atoms with E-state index in [1.165, 1.54) is 4.90 Å². The van der Waals surface area contributed by atoms with Gasteiger partial charge in [0, 0.05) is 7.05 Å². The van der Waals surface area contributed by atoms with Gasteiger partial charge in [0.1, 0.15) is 11.1 Å². The lowest BCUT2D eigenvalue weighted by molar-refractivity contribution is -0.133. The van der Waals surface area contributed by atoms with Gasteiger partial charge in [-0.2, -0.15) is 0 Å². The molecule has 17 heavy (non-hydrogen) atoms. The van der Waals surface area contributed by atoms with E-state index in [2.05, 4.69) is 10.6 Å². The quantitative estimate of drug-likeness (QED) is 0.713. The van der Waals surface area contributed by atoms with Crippen LogP contribution in [0.1, 0.15) is 20.8 Å². The molecule has 0 unspecified atom stereocenters. The molecule has 98 valence electrons. The minimum atomic E-state index is -0.675. The van der Waals surface area contributed by atoms with Crippen LogP contribution >= 0.6 is 0 Å². The molecule has 1 aliphatic heterocycles. The van der Waals surface area contributed by atoms with Crippen LogP contribution in [0.3, 0.4) is 0 Å². The van der Waals surface area contributed by atoms with E-state index >= 15 is 0 Å². The molecule has 1 heterocycles. The van der Waals surface area contributed by atoms with E-state index in [0.717, 1.165) is 0 Å². The summed E-state index contributed by atoms with van der Waals surface area (Å²) in [6.07, 6.45) is -0.382. The Labute approximate surface area is 102 Å². The van der Waals surface area contributed by atoms with E-state index in [-0.39, 0.29) is 12.0 Å². The highest BCUT2D eigenvalue weighted by Crippen LogP contribution is 2.23. The average Bonchev–Trinajstić information content (AvgIpc) is 2.13. The molecule has 0 radical (unpaired) electrons. The highest BCUT2D eigenvalue weighted by Gasteiger charge is 2.50. The van der Waals surface area contributed by atoms with Gasteiger partial charge in [0.2, 0.25) is 5.91 Å². The predicted octanol–water partition coefficient (Wildman–Crippen LogP) is -0.0587. The minimum absolute atomic E-state index is 0.111. The summed E-state index contributed by atoms with van der Waals surface area (Å²) in [7, 11) is 3.29. The maximum Gasteiger partial charge on any atom is 0.410 e. The van der Waals surface area contributed by atoms with Gasteiger partial charge in [0.15, 0.2) is 0 Å². The molecule has 0 aromatic rings. The summed E-state index contributed by atoms with van der Waals surface area (Å²) < 4.78 is 5.22. The molecule has 1 rings (SSSR count). The lowest BCUT2D eigenvalue weighted by Gasteiger charge is -2.48. The van der Waals surface area contributed by atoms with Gasteiger partial charge < -0.3 is 20.3 Å². The van der Waals surface area contributed by atoms with E-state index < -0.39 is 11.1 Å². The third-order valence-corrected chi connectivity index (χ3v) is 2.71. The van der Waals surface area contributed by atoms with Crippen LogP contribution in [-0.4, -0.2) is 55.2 Å². The number of nitrogens with zero attached hydrogens (tertiary/aromatic N) is 1. The predicted molar refractivity (Wildman–Crippen MR) is 63.7 cm³/mol. The van der Waals surface area contributed by atoms with Crippen molar-refractivity contribution < 1.29 is 14.3 Å². The second-order valence-corrected chi connectivity index (χ2v) is 5.25. The van der Waals surface area contributed by atoms with Crippen molar-refractivity contribution >= 4 is 12.0 Å². The van der Waals surface area contributed by atoms with Crippen LogP contribution in [-0.2, 0) is 9.53 Å². The number of likely N-dealkylation sites (N-methyl/N-ethyl adjacent to an activating group) is 2. The van der Waals surface area contributed by atoms with Crippen molar-refractivity contribution in [2.45, 2.75) is 31.9 Å². The minimum Gasteiger partial charge on any atom is -0.444 e. The first-order valence-electron chi connectivity index (χ1n) is 5.63. The molecule has 1 fully saturated rings. The fourth-order valence-corrected chi connectivity index (χ4v) is 1.72. The van der Waals surface area contributed by atoms with Crippen LogP contribution in [0.25, 0.3) is 0 Å². The second-order valence-electron chi connectivity index (χ2n) is 5.25. The van der Waals surface area contributed by atoms with Crippen LogP contribution in [0.15, 0.2) is 0 Å². The molecule has 0 aliphatic carbocycles. The van der Waals surface area contributed by atoms with Gasteiger partial charge in [-0.1, -0.05) is 0 Å². The molecule has 0 aromatic carbocycles. The summed E-state index contributed by atoms with van der Waals surface area (Å²) in [5.74, 6) is -0.111. The molecule has 2 N–H and O–H groups in total. The van der Waals surface area contributed by atoms with Gasteiger partial charge in [0.05, 0.1) is 13.1 Å². The molecule has 0 atom stereocenters. The molecule has 0 aromatic heterocycles. The Morgan fingerprint density at radius 3 is 2.12 bits per heavy atom. The van der Waals surface area contributed by atoms with Crippen molar-refractivity contribution in [2.24, 2.45) is 0 Å². The molecule has 0 bridgehead atoms. The second kappa shape index (κ2) is 4.52. The maximum absolute atomic E-state index is 11.7. The van der Waals surface area contributed by atoms with Gasteiger partial charge >= 0.3 is 6.09 Å². The number of rotatable bonds is 2. The first-order chi connectivity index (χ1) is 7.74. The lowest BCUT2D eigenvalue weighted by atomic mass is 9.89. The summed E-state index contributed by atoms with van der Waals surface area (Å²) in [5.41, 5.74) is -1.19. The maximum atomic E-state index is 11.7. The van der Waals surface area contributed by atoms with Crippen LogP contribution in [0.2, 0.25) is 0 Å². The number of nitrogens with one attached hydrogen (secondary N) is 2. The number of amides is 2. The van der Waals surface area contributed by atoms with Gasteiger partial charge in [-0.05, 0) is 27.8 Å². The van der Waals surface area contributed by atoms with Gasteiger partial charge in [-0.25, -0.2) is 4.79 Å². The number of hydrogen-bond acceptors (Lipinski definition) is 4. The molecular weight excluding hydrogens is 222 g/mol. The van der Waals surface area contributed by atoms with Crippen molar-refractivity contribution in [3.63, 3.8) is 0 Å². The van der Waals surface area contributed by atoms with Crippen molar-refractivity contribution in [2.75, 3.05) is 27.2 Å². The topological polar surface area (TPSA) is 70.7 Å². The molecule has 6 heteroatoms. The van der Waals surface area contributed by atoms with E-state index in [9.17, 15) is 9.59 Å². The summed E-state index contributed by atoms with van der Waals surface area (Å²) in [6.45, 7) is 6.11. The number of ether oxygens (including phenoxy) is 1. The molecule has 6 nitrogen and oxygen atoms in total. The molecule has 1 saturated heterocycles. The van der Waals surface area contributed by atoms with E-state index in [1.54, 1.807) is 14.1 Å². The molecule has 0 saturated carbocycles. The summed E-state index contributed by atoms with van der Waals surface area (Å²) >= 11 is 0. The number of likely N-dealkylation sites (tertiary alicyclic amines) is 1. The highest BCUT2D eigenvalue weighted by molar-refractivity contribution is 5.90. The fourth-order valence-electron chi connectivity index (χ4n) is 1.72.